The number of aryl methyl sites for hydroxylation is 1. The second-order valence-electron chi connectivity index (χ2n) is 5.38. The molecular weight excluding hydrogens is 268 g/mol. The lowest BCUT2D eigenvalue weighted by atomic mass is 10.0. The van der Waals surface area contributed by atoms with Crippen LogP contribution in [0.25, 0.3) is 11.3 Å². The zero-order valence-corrected chi connectivity index (χ0v) is 12.7. The molecule has 1 fully saturated rings. The predicted molar refractivity (Wildman–Crippen MR) is 84.3 cm³/mol. The maximum atomic E-state index is 5.58. The topological polar surface area (TPSA) is 34.2 Å². The van der Waals surface area contributed by atoms with E-state index in [0.717, 1.165) is 30.2 Å². The second kappa shape index (κ2) is 5.94. The van der Waals surface area contributed by atoms with Crippen molar-refractivity contribution in [2.45, 2.75) is 38.8 Å². The summed E-state index contributed by atoms with van der Waals surface area (Å²) in [5.41, 5.74) is 3.43. The molecule has 2 unspecified atom stereocenters. The smallest absolute Gasteiger partial charge is 0.0901 e. The summed E-state index contributed by atoms with van der Waals surface area (Å²) in [7, 11) is 0. The minimum Gasteiger partial charge on any atom is -0.382 e. The standard InChI is InChI=1S/C16H20N2OS/c1-11-9-15(7-8-19-11)18-14-5-3-13(4-6-14)16-10-20-12(2)17-16/h3-6,10-11,15,18H,7-9H2,1-2H3. The van der Waals surface area contributed by atoms with Crippen molar-refractivity contribution in [2.24, 2.45) is 0 Å². The Morgan fingerprint density at radius 3 is 2.75 bits per heavy atom. The molecule has 1 saturated heterocycles. The predicted octanol–water partition coefficient (Wildman–Crippen LogP) is 4.10. The fraction of sp³-hybridized carbons (Fsp3) is 0.438. The number of hydrogen-bond donors (Lipinski definition) is 1. The van der Waals surface area contributed by atoms with Gasteiger partial charge >= 0.3 is 0 Å². The van der Waals surface area contributed by atoms with E-state index in [1.165, 1.54) is 11.3 Å². The average Bonchev–Trinajstić information content (AvgIpc) is 2.86. The van der Waals surface area contributed by atoms with Crippen LogP contribution in [0.15, 0.2) is 29.6 Å². The molecule has 2 atom stereocenters. The minimum absolute atomic E-state index is 0.360. The molecule has 0 saturated carbocycles. The molecule has 0 spiro atoms. The van der Waals surface area contributed by atoms with E-state index in [0.29, 0.717) is 12.1 Å². The van der Waals surface area contributed by atoms with Crippen LogP contribution in [0.3, 0.4) is 0 Å². The second-order valence-corrected chi connectivity index (χ2v) is 6.44. The summed E-state index contributed by atoms with van der Waals surface area (Å²) < 4.78 is 5.58. The van der Waals surface area contributed by atoms with Crippen LogP contribution in [0, 0.1) is 6.92 Å². The molecule has 1 aromatic heterocycles. The molecule has 0 aliphatic carbocycles. The van der Waals surface area contributed by atoms with Crippen molar-refractivity contribution in [3.63, 3.8) is 0 Å². The van der Waals surface area contributed by atoms with E-state index in [9.17, 15) is 0 Å². The summed E-state index contributed by atoms with van der Waals surface area (Å²) in [5.74, 6) is 0. The molecule has 2 heterocycles. The average molecular weight is 288 g/mol. The number of nitrogens with zero attached hydrogens (tertiary/aromatic N) is 1. The molecule has 1 N–H and O–H groups in total. The number of aromatic nitrogens is 1. The third kappa shape index (κ3) is 3.19. The number of rotatable bonds is 3. The molecule has 1 aromatic carbocycles. The van der Waals surface area contributed by atoms with Crippen LogP contribution < -0.4 is 5.32 Å². The molecule has 3 nitrogen and oxygen atoms in total. The maximum Gasteiger partial charge on any atom is 0.0901 e. The van der Waals surface area contributed by atoms with Gasteiger partial charge in [-0.25, -0.2) is 4.98 Å². The van der Waals surface area contributed by atoms with Crippen LogP contribution in [0.4, 0.5) is 5.69 Å². The molecule has 0 amide bonds. The first-order chi connectivity index (χ1) is 9.70. The van der Waals surface area contributed by atoms with Gasteiger partial charge in [0.2, 0.25) is 0 Å². The summed E-state index contributed by atoms with van der Waals surface area (Å²) in [6.07, 6.45) is 2.52. The molecule has 1 aliphatic heterocycles. The van der Waals surface area contributed by atoms with Crippen LogP contribution >= 0.6 is 11.3 Å². The SMILES string of the molecule is Cc1nc(-c2ccc(NC3CCOC(C)C3)cc2)cs1. The summed E-state index contributed by atoms with van der Waals surface area (Å²) in [4.78, 5) is 4.52. The first-order valence-electron chi connectivity index (χ1n) is 7.11. The number of anilines is 1. The van der Waals surface area contributed by atoms with Crippen molar-refractivity contribution in [2.75, 3.05) is 11.9 Å². The molecule has 3 rings (SSSR count). The fourth-order valence-corrected chi connectivity index (χ4v) is 3.22. The normalized spacial score (nSPS) is 22.7. The van der Waals surface area contributed by atoms with Gasteiger partial charge in [-0.15, -0.1) is 11.3 Å². The number of benzene rings is 1. The van der Waals surface area contributed by atoms with Gasteiger partial charge in [0, 0.05) is 29.3 Å². The Balaban J connectivity index is 1.67. The lowest BCUT2D eigenvalue weighted by molar-refractivity contribution is 0.0232. The molecule has 20 heavy (non-hydrogen) atoms. The van der Waals surface area contributed by atoms with Crippen molar-refractivity contribution in [3.8, 4) is 11.3 Å². The number of thiazole rings is 1. The van der Waals surface area contributed by atoms with Gasteiger partial charge in [0.15, 0.2) is 0 Å². The Hall–Kier alpha value is -1.39. The van der Waals surface area contributed by atoms with Crippen LogP contribution in [0.2, 0.25) is 0 Å². The molecule has 1 aliphatic rings. The summed E-state index contributed by atoms with van der Waals surface area (Å²) in [6, 6.07) is 9.08. The lowest BCUT2D eigenvalue weighted by Crippen LogP contribution is -2.32. The number of nitrogens with one attached hydrogen (secondary N) is 1. The molecule has 4 heteroatoms. The highest BCUT2D eigenvalue weighted by atomic mass is 32.1. The third-order valence-electron chi connectivity index (χ3n) is 3.66. The van der Waals surface area contributed by atoms with Crippen molar-refractivity contribution in [3.05, 3.63) is 34.7 Å². The van der Waals surface area contributed by atoms with E-state index in [2.05, 4.69) is 46.9 Å². The first kappa shape index (κ1) is 13.6. The number of ether oxygens (including phenoxy) is 1. The van der Waals surface area contributed by atoms with E-state index >= 15 is 0 Å². The summed E-state index contributed by atoms with van der Waals surface area (Å²) >= 11 is 1.69. The Morgan fingerprint density at radius 2 is 2.10 bits per heavy atom. The largest absolute Gasteiger partial charge is 0.382 e. The third-order valence-corrected chi connectivity index (χ3v) is 4.43. The number of hydrogen-bond acceptors (Lipinski definition) is 4. The first-order valence-corrected chi connectivity index (χ1v) is 7.99. The Kier molecular flexibility index (Phi) is 4.03. The molecule has 0 radical (unpaired) electrons. The Morgan fingerprint density at radius 1 is 1.30 bits per heavy atom. The van der Waals surface area contributed by atoms with E-state index in [1.807, 2.05) is 6.92 Å². The summed E-state index contributed by atoms with van der Waals surface area (Å²) in [5, 5.41) is 6.82. The minimum atomic E-state index is 0.360. The Bertz CT molecular complexity index is 564. The van der Waals surface area contributed by atoms with Gasteiger partial charge in [-0.1, -0.05) is 12.1 Å². The van der Waals surface area contributed by atoms with Gasteiger partial charge in [0.05, 0.1) is 16.8 Å². The molecular formula is C16H20N2OS. The Labute approximate surface area is 124 Å². The van der Waals surface area contributed by atoms with Gasteiger partial charge in [0.25, 0.3) is 0 Å². The maximum absolute atomic E-state index is 5.58. The van der Waals surface area contributed by atoms with Crippen molar-refractivity contribution < 1.29 is 4.74 Å². The van der Waals surface area contributed by atoms with Crippen LogP contribution in [-0.4, -0.2) is 23.7 Å². The van der Waals surface area contributed by atoms with Gasteiger partial charge < -0.3 is 10.1 Å². The van der Waals surface area contributed by atoms with Crippen molar-refractivity contribution in [1.82, 2.24) is 4.98 Å². The molecule has 106 valence electrons. The zero-order valence-electron chi connectivity index (χ0n) is 11.9. The molecule has 0 bridgehead atoms. The fourth-order valence-electron chi connectivity index (χ4n) is 2.60. The molecule has 2 aromatic rings. The quantitative estimate of drug-likeness (QED) is 0.923. The van der Waals surface area contributed by atoms with Gasteiger partial charge in [0.1, 0.15) is 0 Å². The zero-order chi connectivity index (χ0) is 13.9. The van der Waals surface area contributed by atoms with Gasteiger partial charge in [-0.3, -0.25) is 0 Å². The van der Waals surface area contributed by atoms with Crippen molar-refractivity contribution in [1.29, 1.82) is 0 Å². The van der Waals surface area contributed by atoms with E-state index in [-0.39, 0.29) is 0 Å². The summed E-state index contributed by atoms with van der Waals surface area (Å²) in [6.45, 7) is 5.03. The highest BCUT2D eigenvalue weighted by Crippen LogP contribution is 2.24. The highest BCUT2D eigenvalue weighted by Gasteiger charge is 2.18. The van der Waals surface area contributed by atoms with Crippen LogP contribution in [0.1, 0.15) is 24.8 Å². The van der Waals surface area contributed by atoms with Crippen LogP contribution in [-0.2, 0) is 4.74 Å². The highest BCUT2D eigenvalue weighted by molar-refractivity contribution is 7.09. The van der Waals surface area contributed by atoms with E-state index in [4.69, 9.17) is 4.74 Å². The van der Waals surface area contributed by atoms with E-state index < -0.39 is 0 Å². The van der Waals surface area contributed by atoms with Gasteiger partial charge in [-0.05, 0) is 38.8 Å². The van der Waals surface area contributed by atoms with Gasteiger partial charge in [-0.2, -0.15) is 0 Å². The monoisotopic (exact) mass is 288 g/mol. The van der Waals surface area contributed by atoms with Crippen LogP contribution in [0.5, 0.6) is 0 Å². The van der Waals surface area contributed by atoms with Crippen molar-refractivity contribution >= 4 is 17.0 Å². The van der Waals surface area contributed by atoms with E-state index in [1.54, 1.807) is 11.3 Å². The lowest BCUT2D eigenvalue weighted by Gasteiger charge is -2.28.